The molecule has 0 atom stereocenters. The third-order valence-corrected chi connectivity index (χ3v) is 4.18. The van der Waals surface area contributed by atoms with Gasteiger partial charge in [-0.1, -0.05) is 19.3 Å². The second-order valence-corrected chi connectivity index (χ2v) is 5.19. The first kappa shape index (κ1) is 10.4. The van der Waals surface area contributed by atoms with Gasteiger partial charge >= 0.3 is 0 Å². The quantitative estimate of drug-likeness (QED) is 0.707. The Labute approximate surface area is 87.1 Å². The van der Waals surface area contributed by atoms with E-state index in [0.29, 0.717) is 12.0 Å². The molecule has 0 aromatic rings. The van der Waals surface area contributed by atoms with Gasteiger partial charge in [-0.25, -0.2) is 0 Å². The molecule has 2 N–H and O–H groups in total. The molecule has 2 fully saturated rings. The number of aliphatic hydroxyl groups excluding tert-OH is 1. The van der Waals surface area contributed by atoms with Crippen molar-refractivity contribution in [3.8, 4) is 0 Å². The first-order valence-electron chi connectivity index (χ1n) is 6.19. The normalized spacial score (nSPS) is 26.4. The van der Waals surface area contributed by atoms with Crippen LogP contribution in [0.25, 0.3) is 0 Å². The molecule has 2 rings (SSSR count). The largest absolute Gasteiger partial charge is 0.396 e. The van der Waals surface area contributed by atoms with Crippen LogP contribution in [0.2, 0.25) is 0 Å². The van der Waals surface area contributed by atoms with Gasteiger partial charge in [0.15, 0.2) is 0 Å². The summed E-state index contributed by atoms with van der Waals surface area (Å²) in [4.78, 5) is 0. The predicted molar refractivity (Wildman–Crippen MR) is 58.2 cm³/mol. The van der Waals surface area contributed by atoms with Gasteiger partial charge in [-0.3, -0.25) is 0 Å². The Balaban J connectivity index is 1.71. The van der Waals surface area contributed by atoms with Crippen LogP contribution in [0.5, 0.6) is 0 Å². The first-order chi connectivity index (χ1) is 6.85. The van der Waals surface area contributed by atoms with Crippen LogP contribution in [-0.2, 0) is 0 Å². The topological polar surface area (TPSA) is 32.3 Å². The van der Waals surface area contributed by atoms with Crippen LogP contribution in [0.4, 0.5) is 0 Å². The molecule has 0 aliphatic heterocycles. The number of nitrogens with one attached hydrogen (secondary N) is 1. The minimum Gasteiger partial charge on any atom is -0.396 e. The molecule has 0 aromatic carbocycles. The van der Waals surface area contributed by atoms with Gasteiger partial charge < -0.3 is 10.4 Å². The van der Waals surface area contributed by atoms with Crippen molar-refractivity contribution in [1.82, 2.24) is 5.32 Å². The summed E-state index contributed by atoms with van der Waals surface area (Å²) in [6.07, 6.45) is 10.6. The highest BCUT2D eigenvalue weighted by Crippen LogP contribution is 2.43. The molecule has 82 valence electrons. The van der Waals surface area contributed by atoms with Gasteiger partial charge in [-0.05, 0) is 37.5 Å². The summed E-state index contributed by atoms with van der Waals surface area (Å²) in [6.45, 7) is 1.52. The van der Waals surface area contributed by atoms with Crippen LogP contribution in [0.3, 0.4) is 0 Å². The smallest absolute Gasteiger partial charge is 0.0436 e. The van der Waals surface area contributed by atoms with Crippen molar-refractivity contribution < 1.29 is 5.11 Å². The summed E-state index contributed by atoms with van der Waals surface area (Å²) < 4.78 is 0. The minimum absolute atomic E-state index is 0.367. The van der Waals surface area contributed by atoms with E-state index in [9.17, 15) is 0 Å². The molecule has 2 nitrogen and oxygen atoms in total. The molecule has 0 spiro atoms. The van der Waals surface area contributed by atoms with Crippen LogP contribution < -0.4 is 5.32 Å². The predicted octanol–water partition coefficient (Wildman–Crippen LogP) is 2.07. The summed E-state index contributed by atoms with van der Waals surface area (Å²) in [7, 11) is 0. The van der Waals surface area contributed by atoms with Crippen LogP contribution in [0.1, 0.15) is 51.4 Å². The highest BCUT2D eigenvalue weighted by atomic mass is 16.3. The molecule has 0 aromatic heterocycles. The van der Waals surface area contributed by atoms with Crippen molar-refractivity contribution in [2.75, 3.05) is 13.2 Å². The molecule has 0 bridgehead atoms. The Morgan fingerprint density at radius 2 is 1.86 bits per heavy atom. The Morgan fingerprint density at radius 1 is 1.14 bits per heavy atom. The lowest BCUT2D eigenvalue weighted by atomic mass is 9.66. The molecule has 0 radical (unpaired) electrons. The third-order valence-electron chi connectivity index (χ3n) is 4.18. The number of hydrogen-bond acceptors (Lipinski definition) is 2. The monoisotopic (exact) mass is 197 g/mol. The lowest BCUT2D eigenvalue weighted by Crippen LogP contribution is -2.43. The van der Waals surface area contributed by atoms with Gasteiger partial charge in [0, 0.05) is 19.2 Å². The van der Waals surface area contributed by atoms with E-state index in [2.05, 4.69) is 5.32 Å². The number of hydrogen-bond donors (Lipinski definition) is 2. The Morgan fingerprint density at radius 3 is 2.36 bits per heavy atom. The average molecular weight is 197 g/mol. The summed E-state index contributed by atoms with van der Waals surface area (Å²) in [5, 5.41) is 12.7. The van der Waals surface area contributed by atoms with E-state index < -0.39 is 0 Å². The third kappa shape index (κ3) is 2.29. The maximum absolute atomic E-state index is 9.03. The van der Waals surface area contributed by atoms with Crippen molar-refractivity contribution in [3.63, 3.8) is 0 Å². The average Bonchev–Trinajstić information content (AvgIpc) is 2.62. The highest BCUT2D eigenvalue weighted by Gasteiger charge is 2.36. The van der Waals surface area contributed by atoms with E-state index in [-0.39, 0.29) is 0 Å². The first-order valence-corrected chi connectivity index (χ1v) is 6.19. The summed E-state index contributed by atoms with van der Waals surface area (Å²) in [5.41, 5.74) is 0.470. The molecule has 0 unspecified atom stereocenters. The van der Waals surface area contributed by atoms with Crippen molar-refractivity contribution in [1.29, 1.82) is 0 Å². The van der Waals surface area contributed by atoms with E-state index in [4.69, 9.17) is 5.11 Å². The van der Waals surface area contributed by atoms with Crippen LogP contribution in [0.15, 0.2) is 0 Å². The second kappa shape index (κ2) is 4.63. The minimum atomic E-state index is 0.367. The van der Waals surface area contributed by atoms with Gasteiger partial charge in [0.2, 0.25) is 0 Å². The van der Waals surface area contributed by atoms with Crippen LogP contribution in [-0.4, -0.2) is 24.3 Å². The Bertz CT molecular complexity index is 171. The van der Waals surface area contributed by atoms with Gasteiger partial charge in [0.25, 0.3) is 0 Å². The van der Waals surface area contributed by atoms with Crippen molar-refractivity contribution >= 4 is 0 Å². The van der Waals surface area contributed by atoms with Crippen molar-refractivity contribution in [3.05, 3.63) is 0 Å². The molecular formula is C12H23NO. The maximum atomic E-state index is 9.03. The molecule has 0 saturated heterocycles. The fraction of sp³-hybridized carbons (Fsp3) is 1.00. The lowest BCUT2D eigenvalue weighted by Gasteiger charge is -2.42. The van der Waals surface area contributed by atoms with Crippen LogP contribution in [0, 0.1) is 5.41 Å². The van der Waals surface area contributed by atoms with Crippen LogP contribution >= 0.6 is 0 Å². The van der Waals surface area contributed by atoms with Gasteiger partial charge in [0.1, 0.15) is 0 Å². The zero-order valence-corrected chi connectivity index (χ0v) is 9.10. The Hall–Kier alpha value is -0.0800. The van der Waals surface area contributed by atoms with E-state index in [0.717, 1.165) is 19.0 Å². The second-order valence-electron chi connectivity index (χ2n) is 5.19. The van der Waals surface area contributed by atoms with Gasteiger partial charge in [-0.15, -0.1) is 0 Å². The zero-order chi connectivity index (χ0) is 9.86. The fourth-order valence-electron chi connectivity index (χ4n) is 2.92. The van der Waals surface area contributed by atoms with E-state index >= 15 is 0 Å². The lowest BCUT2D eigenvalue weighted by molar-refractivity contribution is 0.0829. The molecule has 0 amide bonds. The molecule has 0 heterocycles. The standard InChI is InChI=1S/C12H23NO/c14-9-8-12(6-3-7-12)10-13-11-4-1-2-5-11/h11,13-14H,1-10H2. The molecular weight excluding hydrogens is 174 g/mol. The number of rotatable bonds is 5. The fourth-order valence-corrected chi connectivity index (χ4v) is 2.92. The molecule has 14 heavy (non-hydrogen) atoms. The molecule has 2 aliphatic carbocycles. The van der Waals surface area contributed by atoms with E-state index in [1.807, 2.05) is 0 Å². The Kier molecular flexibility index (Phi) is 3.45. The molecule has 2 aliphatic rings. The molecule has 2 saturated carbocycles. The number of aliphatic hydroxyl groups is 1. The van der Waals surface area contributed by atoms with Gasteiger partial charge in [-0.2, -0.15) is 0 Å². The summed E-state index contributed by atoms with van der Waals surface area (Å²) in [5.74, 6) is 0. The summed E-state index contributed by atoms with van der Waals surface area (Å²) >= 11 is 0. The molecule has 2 heteroatoms. The van der Waals surface area contributed by atoms with E-state index in [1.165, 1.54) is 44.9 Å². The maximum Gasteiger partial charge on any atom is 0.0436 e. The van der Waals surface area contributed by atoms with Crippen molar-refractivity contribution in [2.45, 2.75) is 57.4 Å². The SMILES string of the molecule is OCCC1(CNC2CCCC2)CCC1. The van der Waals surface area contributed by atoms with Gasteiger partial charge in [0.05, 0.1) is 0 Å². The van der Waals surface area contributed by atoms with Crippen molar-refractivity contribution in [2.24, 2.45) is 5.41 Å². The highest BCUT2D eigenvalue weighted by molar-refractivity contribution is 4.90. The summed E-state index contributed by atoms with van der Waals surface area (Å²) in [6, 6.07) is 0.783. The zero-order valence-electron chi connectivity index (χ0n) is 9.10. The van der Waals surface area contributed by atoms with E-state index in [1.54, 1.807) is 0 Å².